The summed E-state index contributed by atoms with van der Waals surface area (Å²) in [6.07, 6.45) is 0.813. The van der Waals surface area contributed by atoms with E-state index >= 15 is 0 Å². The third-order valence-corrected chi connectivity index (χ3v) is 5.87. The Morgan fingerprint density at radius 3 is 2.45 bits per heavy atom. The van der Waals surface area contributed by atoms with Crippen molar-refractivity contribution in [3.63, 3.8) is 0 Å². The summed E-state index contributed by atoms with van der Waals surface area (Å²) in [5, 5.41) is 14.8. The van der Waals surface area contributed by atoms with Gasteiger partial charge in [-0.1, -0.05) is 19.9 Å². The lowest BCUT2D eigenvalue weighted by Crippen LogP contribution is -2.36. The third-order valence-electron chi connectivity index (χ3n) is 5.87. The number of carbonyl (C=O) groups is 1. The van der Waals surface area contributed by atoms with E-state index in [1.54, 1.807) is 12.1 Å². The normalized spacial score (nSPS) is 16.8. The molecule has 2 aromatic rings. The van der Waals surface area contributed by atoms with Gasteiger partial charge in [0.15, 0.2) is 11.5 Å². The fraction of sp³-hybridized carbons (Fsp3) is 0.458. The van der Waals surface area contributed by atoms with Gasteiger partial charge < -0.3 is 24.4 Å². The zero-order valence-electron chi connectivity index (χ0n) is 18.9. The first-order chi connectivity index (χ1) is 15.9. The number of hydrogen-bond donors (Lipinski definition) is 1. The van der Waals surface area contributed by atoms with Crippen molar-refractivity contribution in [1.82, 2.24) is 5.32 Å². The van der Waals surface area contributed by atoms with Crippen molar-refractivity contribution in [2.24, 2.45) is 5.92 Å². The summed E-state index contributed by atoms with van der Waals surface area (Å²) in [6, 6.07) is 10.0. The molecule has 1 amide bonds. The molecule has 176 valence electrons. The standard InChI is InChI=1S/C24H29N3O6/c1-16(2)23(17-5-7-21-22(15-17)33-11-3-10-32-21)25-24(28)18-4-6-19(20(14-18)27(29)30)26-8-12-31-13-9-26/h4-7,14-16,23H,3,8-13H2,1-2H3,(H,25,28). The van der Waals surface area contributed by atoms with Gasteiger partial charge in [0.05, 0.1) is 37.4 Å². The van der Waals surface area contributed by atoms with Crippen LogP contribution < -0.4 is 19.7 Å². The number of anilines is 1. The molecule has 2 aliphatic rings. The molecule has 4 rings (SSSR count). The summed E-state index contributed by atoms with van der Waals surface area (Å²) in [5.74, 6) is 1.08. The molecule has 1 unspecified atom stereocenters. The van der Waals surface area contributed by atoms with E-state index in [-0.39, 0.29) is 29.1 Å². The van der Waals surface area contributed by atoms with Gasteiger partial charge in [-0.3, -0.25) is 14.9 Å². The maximum absolute atomic E-state index is 13.1. The molecule has 33 heavy (non-hydrogen) atoms. The fourth-order valence-corrected chi connectivity index (χ4v) is 4.12. The zero-order valence-corrected chi connectivity index (χ0v) is 18.9. The summed E-state index contributed by atoms with van der Waals surface area (Å²) in [6.45, 7) is 7.40. The maximum atomic E-state index is 13.1. The number of fused-ring (bicyclic) bond motifs is 1. The molecule has 0 aliphatic carbocycles. The lowest BCUT2D eigenvalue weighted by molar-refractivity contribution is -0.384. The first kappa shape index (κ1) is 22.8. The van der Waals surface area contributed by atoms with E-state index in [0.717, 1.165) is 12.0 Å². The van der Waals surface area contributed by atoms with Crippen molar-refractivity contribution in [2.45, 2.75) is 26.3 Å². The smallest absolute Gasteiger partial charge is 0.293 e. The van der Waals surface area contributed by atoms with Crippen LogP contribution in [0.15, 0.2) is 36.4 Å². The van der Waals surface area contributed by atoms with Crippen LogP contribution in [0.1, 0.15) is 42.2 Å². The van der Waals surface area contributed by atoms with Gasteiger partial charge in [-0.25, -0.2) is 0 Å². The molecule has 2 aromatic carbocycles. The largest absolute Gasteiger partial charge is 0.490 e. The van der Waals surface area contributed by atoms with Gasteiger partial charge in [-0.05, 0) is 35.7 Å². The predicted molar refractivity (Wildman–Crippen MR) is 123 cm³/mol. The highest BCUT2D eigenvalue weighted by Gasteiger charge is 2.26. The average Bonchev–Trinajstić information content (AvgIpc) is 3.07. The van der Waals surface area contributed by atoms with Crippen molar-refractivity contribution in [3.8, 4) is 11.5 Å². The van der Waals surface area contributed by atoms with Gasteiger partial charge in [-0.2, -0.15) is 0 Å². The number of morpholine rings is 1. The van der Waals surface area contributed by atoms with E-state index in [4.69, 9.17) is 14.2 Å². The average molecular weight is 456 g/mol. The minimum absolute atomic E-state index is 0.0822. The molecule has 1 N–H and O–H groups in total. The van der Waals surface area contributed by atoms with Crippen LogP contribution in [0.25, 0.3) is 0 Å². The van der Waals surface area contributed by atoms with Crippen LogP contribution in [0, 0.1) is 16.0 Å². The molecule has 0 aromatic heterocycles. The Labute approximate surface area is 192 Å². The molecule has 1 fully saturated rings. The second-order valence-electron chi connectivity index (χ2n) is 8.51. The zero-order chi connectivity index (χ0) is 23.4. The highest BCUT2D eigenvalue weighted by atomic mass is 16.6. The molecule has 0 radical (unpaired) electrons. The van der Waals surface area contributed by atoms with Crippen LogP contribution in [0.3, 0.4) is 0 Å². The monoisotopic (exact) mass is 455 g/mol. The Morgan fingerprint density at radius 1 is 1.03 bits per heavy atom. The predicted octanol–water partition coefficient (Wildman–Crippen LogP) is 3.72. The minimum Gasteiger partial charge on any atom is -0.490 e. The maximum Gasteiger partial charge on any atom is 0.293 e. The first-order valence-electron chi connectivity index (χ1n) is 11.3. The molecule has 1 atom stereocenters. The Morgan fingerprint density at radius 2 is 1.76 bits per heavy atom. The number of nitro groups is 1. The van der Waals surface area contributed by atoms with Gasteiger partial charge in [0, 0.05) is 31.1 Å². The van der Waals surface area contributed by atoms with Gasteiger partial charge in [0.25, 0.3) is 11.6 Å². The molecule has 9 heteroatoms. The minimum atomic E-state index is -0.439. The molecule has 0 spiro atoms. The fourth-order valence-electron chi connectivity index (χ4n) is 4.12. The van der Waals surface area contributed by atoms with E-state index in [1.165, 1.54) is 6.07 Å². The van der Waals surface area contributed by atoms with Gasteiger partial charge in [0.1, 0.15) is 5.69 Å². The Balaban J connectivity index is 1.57. The summed E-state index contributed by atoms with van der Waals surface area (Å²) < 4.78 is 16.8. The van der Waals surface area contributed by atoms with E-state index in [1.807, 2.05) is 36.9 Å². The highest BCUT2D eigenvalue weighted by Crippen LogP contribution is 2.35. The number of rotatable bonds is 6. The van der Waals surface area contributed by atoms with Crippen molar-refractivity contribution >= 4 is 17.3 Å². The highest BCUT2D eigenvalue weighted by molar-refractivity contribution is 5.96. The summed E-state index contributed by atoms with van der Waals surface area (Å²) >= 11 is 0. The van der Waals surface area contributed by atoms with Crippen molar-refractivity contribution in [1.29, 1.82) is 0 Å². The molecular weight excluding hydrogens is 426 g/mol. The molecule has 9 nitrogen and oxygen atoms in total. The SMILES string of the molecule is CC(C)C(NC(=O)c1ccc(N2CCOCC2)c([N+](=O)[O-])c1)c1ccc2c(c1)OCCCO2. The molecule has 0 saturated carbocycles. The number of nitrogens with one attached hydrogen (secondary N) is 1. The first-order valence-corrected chi connectivity index (χ1v) is 11.3. The van der Waals surface area contributed by atoms with E-state index in [0.29, 0.717) is 56.7 Å². The van der Waals surface area contributed by atoms with Crippen molar-refractivity contribution in [3.05, 3.63) is 57.6 Å². The van der Waals surface area contributed by atoms with Crippen LogP contribution >= 0.6 is 0 Å². The molecule has 1 saturated heterocycles. The van der Waals surface area contributed by atoms with Crippen LogP contribution in [-0.2, 0) is 4.74 Å². The Kier molecular flexibility index (Phi) is 6.98. The van der Waals surface area contributed by atoms with Gasteiger partial charge in [0.2, 0.25) is 0 Å². The number of amides is 1. The second kappa shape index (κ2) is 10.1. The number of carbonyl (C=O) groups excluding carboxylic acids is 1. The van der Waals surface area contributed by atoms with Crippen LogP contribution in [-0.4, -0.2) is 50.3 Å². The molecular formula is C24H29N3O6. The number of nitrogens with zero attached hydrogens (tertiary/aromatic N) is 2. The topological polar surface area (TPSA) is 103 Å². The number of ether oxygens (including phenoxy) is 3. The van der Waals surface area contributed by atoms with Crippen LogP contribution in [0.2, 0.25) is 0 Å². The summed E-state index contributed by atoms with van der Waals surface area (Å²) in [7, 11) is 0. The van der Waals surface area contributed by atoms with Crippen molar-refractivity contribution < 1.29 is 23.9 Å². The van der Waals surface area contributed by atoms with Crippen LogP contribution in [0.5, 0.6) is 11.5 Å². The summed E-state index contributed by atoms with van der Waals surface area (Å²) in [4.78, 5) is 26.3. The van der Waals surface area contributed by atoms with Crippen molar-refractivity contribution in [2.75, 3.05) is 44.4 Å². The van der Waals surface area contributed by atoms with Gasteiger partial charge >= 0.3 is 0 Å². The number of nitro benzene ring substituents is 1. The van der Waals surface area contributed by atoms with E-state index < -0.39 is 4.92 Å². The molecule has 0 bridgehead atoms. The van der Waals surface area contributed by atoms with E-state index in [9.17, 15) is 14.9 Å². The third kappa shape index (κ3) is 5.19. The van der Waals surface area contributed by atoms with E-state index in [2.05, 4.69) is 5.32 Å². The summed E-state index contributed by atoms with van der Waals surface area (Å²) in [5.41, 5.74) is 1.56. The quantitative estimate of drug-likeness (QED) is 0.523. The second-order valence-corrected chi connectivity index (χ2v) is 8.51. The number of hydrogen-bond acceptors (Lipinski definition) is 7. The molecule has 2 heterocycles. The lowest BCUT2D eigenvalue weighted by Gasteiger charge is -2.28. The Hall–Kier alpha value is -3.33. The number of benzene rings is 2. The van der Waals surface area contributed by atoms with Crippen LogP contribution in [0.4, 0.5) is 11.4 Å². The lowest BCUT2D eigenvalue weighted by atomic mass is 9.95. The molecule has 2 aliphatic heterocycles. The van der Waals surface area contributed by atoms with Gasteiger partial charge in [-0.15, -0.1) is 0 Å². The Bertz CT molecular complexity index is 1020.